The average Bonchev–Trinajstić information content (AvgIpc) is 2.59. The highest BCUT2D eigenvalue weighted by atomic mass is 35.5. The fraction of sp³-hybridized carbons (Fsp3) is 0.500. The summed E-state index contributed by atoms with van der Waals surface area (Å²) in [5, 5.41) is 10.4. The molecule has 2 rings (SSSR count). The van der Waals surface area contributed by atoms with Crippen LogP contribution >= 0.6 is 11.6 Å². The van der Waals surface area contributed by atoms with E-state index < -0.39 is 18.3 Å². The summed E-state index contributed by atoms with van der Waals surface area (Å²) < 4.78 is 11.9. The van der Waals surface area contributed by atoms with E-state index in [2.05, 4.69) is 0 Å². The molecule has 1 aromatic carbocycles. The molecule has 5 heteroatoms. The maximum absolute atomic E-state index is 9.66. The monoisotopic (exact) mass is 308 g/mol. The highest BCUT2D eigenvalue weighted by molar-refractivity contribution is 6.55. The predicted octanol–water partition coefficient (Wildman–Crippen LogP) is 3.66. The topological polar surface area (TPSA) is 38.7 Å². The van der Waals surface area contributed by atoms with Crippen molar-refractivity contribution in [3.8, 4) is 0 Å². The van der Waals surface area contributed by atoms with Crippen LogP contribution in [-0.2, 0) is 9.31 Å². The molecule has 0 spiro atoms. The Bertz CT molecular complexity index is 551. The molecule has 0 atom stereocenters. The number of benzene rings is 1. The van der Waals surface area contributed by atoms with Gasteiger partial charge in [0.15, 0.2) is 0 Å². The van der Waals surface area contributed by atoms with Gasteiger partial charge < -0.3 is 14.4 Å². The van der Waals surface area contributed by atoms with Gasteiger partial charge in [0, 0.05) is 5.02 Å². The van der Waals surface area contributed by atoms with E-state index in [-0.39, 0.29) is 6.61 Å². The van der Waals surface area contributed by atoms with E-state index in [4.69, 9.17) is 20.9 Å². The van der Waals surface area contributed by atoms with E-state index in [9.17, 15) is 5.11 Å². The fourth-order valence-corrected chi connectivity index (χ4v) is 2.27. The molecule has 0 bridgehead atoms. The number of aliphatic hydroxyl groups excluding tert-OH is 1. The van der Waals surface area contributed by atoms with Crippen molar-refractivity contribution >= 4 is 24.8 Å². The molecule has 1 aliphatic rings. The molecule has 1 N–H and O–H groups in total. The smallest absolute Gasteiger partial charge is 0.400 e. The van der Waals surface area contributed by atoms with Crippen LogP contribution in [0.1, 0.15) is 38.8 Å². The molecule has 1 aromatic rings. The van der Waals surface area contributed by atoms with Gasteiger partial charge in [-0.05, 0) is 57.3 Å². The third kappa shape index (κ3) is 3.34. The highest BCUT2D eigenvalue weighted by Crippen LogP contribution is 2.38. The molecule has 21 heavy (non-hydrogen) atoms. The van der Waals surface area contributed by atoms with Crippen LogP contribution in [-0.4, -0.2) is 30.0 Å². The Morgan fingerprint density at radius 2 is 1.81 bits per heavy atom. The summed E-state index contributed by atoms with van der Waals surface area (Å²) in [6.45, 7) is 9.82. The first kappa shape index (κ1) is 16.6. The van der Waals surface area contributed by atoms with E-state index in [0.29, 0.717) is 5.47 Å². The van der Waals surface area contributed by atoms with Crippen LogP contribution in [0.25, 0.3) is 6.08 Å². The van der Waals surface area contributed by atoms with Gasteiger partial charge in [-0.2, -0.15) is 0 Å². The number of hydrogen-bond donors (Lipinski definition) is 1. The van der Waals surface area contributed by atoms with Gasteiger partial charge in [0.05, 0.1) is 17.8 Å². The Balaban J connectivity index is 2.28. The first-order chi connectivity index (χ1) is 9.66. The van der Waals surface area contributed by atoms with E-state index in [1.165, 1.54) is 0 Å². The summed E-state index contributed by atoms with van der Waals surface area (Å²) in [5.41, 5.74) is 1.84. The number of aliphatic hydroxyl groups is 1. The van der Waals surface area contributed by atoms with Crippen molar-refractivity contribution in [1.82, 2.24) is 0 Å². The Morgan fingerprint density at radius 3 is 2.29 bits per heavy atom. The normalized spacial score (nSPS) is 20.9. The second-order valence-corrected chi connectivity index (χ2v) is 6.88. The molecular weight excluding hydrogens is 286 g/mol. The minimum absolute atomic E-state index is 0.113. The second-order valence-electron chi connectivity index (χ2n) is 6.47. The lowest BCUT2D eigenvalue weighted by molar-refractivity contribution is 0.00578. The van der Waals surface area contributed by atoms with Gasteiger partial charge in [-0.25, -0.2) is 0 Å². The van der Waals surface area contributed by atoms with Crippen molar-refractivity contribution in [2.24, 2.45) is 0 Å². The third-order valence-electron chi connectivity index (χ3n) is 4.27. The average molecular weight is 309 g/mol. The van der Waals surface area contributed by atoms with Gasteiger partial charge in [0.2, 0.25) is 0 Å². The van der Waals surface area contributed by atoms with Crippen LogP contribution in [0.3, 0.4) is 0 Å². The Labute approximate surface area is 132 Å². The number of aryl methyl sites for hydroxylation is 1. The SMILES string of the molecule is Cc1cc(C=C(CO)B2OC(C)(C)C(C)(C)O2)ccc1Cl. The van der Waals surface area contributed by atoms with Crippen LogP contribution in [0.4, 0.5) is 0 Å². The van der Waals surface area contributed by atoms with Crippen LogP contribution in [0, 0.1) is 6.92 Å². The first-order valence-electron chi connectivity index (χ1n) is 7.09. The summed E-state index contributed by atoms with van der Waals surface area (Å²) in [5.74, 6) is 0. The van der Waals surface area contributed by atoms with Crippen LogP contribution in [0.15, 0.2) is 23.7 Å². The van der Waals surface area contributed by atoms with Crippen molar-refractivity contribution in [3.05, 3.63) is 39.8 Å². The molecule has 0 radical (unpaired) electrons. The minimum atomic E-state index is -0.531. The van der Waals surface area contributed by atoms with Crippen molar-refractivity contribution in [2.45, 2.75) is 45.8 Å². The fourth-order valence-electron chi connectivity index (χ4n) is 2.15. The van der Waals surface area contributed by atoms with Crippen LogP contribution < -0.4 is 0 Å². The molecule has 0 amide bonds. The molecule has 1 aliphatic heterocycles. The van der Waals surface area contributed by atoms with Gasteiger partial charge in [-0.3, -0.25) is 0 Å². The van der Waals surface area contributed by atoms with Gasteiger partial charge in [0.1, 0.15) is 0 Å². The Morgan fingerprint density at radius 1 is 1.24 bits per heavy atom. The zero-order chi connectivity index (χ0) is 15.8. The standard InChI is InChI=1S/C16H22BClO3/c1-11-8-12(6-7-14(11)18)9-13(10-19)17-20-15(2,3)16(4,5)21-17/h6-9,19H,10H2,1-5H3. The summed E-state index contributed by atoms with van der Waals surface area (Å²) in [4.78, 5) is 0. The molecule has 1 saturated heterocycles. The van der Waals surface area contributed by atoms with Crippen LogP contribution in [0.5, 0.6) is 0 Å². The number of halogens is 1. The zero-order valence-corrected chi connectivity index (χ0v) is 14.0. The lowest BCUT2D eigenvalue weighted by atomic mass is 9.77. The third-order valence-corrected chi connectivity index (χ3v) is 4.70. The van der Waals surface area contributed by atoms with E-state index >= 15 is 0 Å². The predicted molar refractivity (Wildman–Crippen MR) is 87.3 cm³/mol. The van der Waals surface area contributed by atoms with E-state index in [1.807, 2.05) is 58.9 Å². The van der Waals surface area contributed by atoms with Crippen molar-refractivity contribution in [2.75, 3.05) is 6.61 Å². The molecule has 1 heterocycles. The van der Waals surface area contributed by atoms with Gasteiger partial charge in [-0.1, -0.05) is 29.8 Å². The van der Waals surface area contributed by atoms with E-state index in [0.717, 1.165) is 16.1 Å². The van der Waals surface area contributed by atoms with Gasteiger partial charge in [-0.15, -0.1) is 0 Å². The molecule has 3 nitrogen and oxygen atoms in total. The Hall–Kier alpha value is -0.805. The van der Waals surface area contributed by atoms with Gasteiger partial charge in [0.25, 0.3) is 0 Å². The zero-order valence-electron chi connectivity index (χ0n) is 13.2. The minimum Gasteiger partial charge on any atom is -0.400 e. The second kappa shape index (κ2) is 5.77. The molecular formula is C16H22BClO3. The summed E-state index contributed by atoms with van der Waals surface area (Å²) in [7, 11) is -0.531. The molecule has 1 fully saturated rings. The quantitative estimate of drug-likeness (QED) is 0.866. The largest absolute Gasteiger partial charge is 0.492 e. The van der Waals surface area contributed by atoms with Crippen LogP contribution in [0.2, 0.25) is 5.02 Å². The number of rotatable bonds is 3. The van der Waals surface area contributed by atoms with E-state index in [1.54, 1.807) is 0 Å². The molecule has 0 saturated carbocycles. The highest BCUT2D eigenvalue weighted by Gasteiger charge is 2.52. The molecule has 0 aliphatic carbocycles. The summed E-state index contributed by atoms with van der Waals surface area (Å²) in [6, 6.07) is 5.74. The number of hydrogen-bond acceptors (Lipinski definition) is 3. The maximum Gasteiger partial charge on any atom is 0.492 e. The Kier molecular flexibility index (Phi) is 4.55. The molecule has 114 valence electrons. The van der Waals surface area contributed by atoms with Crippen molar-refractivity contribution in [1.29, 1.82) is 0 Å². The summed E-state index contributed by atoms with van der Waals surface area (Å²) in [6.07, 6.45) is 1.89. The first-order valence-corrected chi connectivity index (χ1v) is 7.47. The van der Waals surface area contributed by atoms with Gasteiger partial charge >= 0.3 is 7.12 Å². The van der Waals surface area contributed by atoms with Crippen molar-refractivity contribution < 1.29 is 14.4 Å². The summed E-state index contributed by atoms with van der Waals surface area (Å²) >= 11 is 6.03. The maximum atomic E-state index is 9.66. The van der Waals surface area contributed by atoms with Crippen molar-refractivity contribution in [3.63, 3.8) is 0 Å². The molecule has 0 aromatic heterocycles. The molecule has 0 unspecified atom stereocenters. The lowest BCUT2D eigenvalue weighted by Gasteiger charge is -2.32. The lowest BCUT2D eigenvalue weighted by Crippen LogP contribution is -2.41.